The lowest BCUT2D eigenvalue weighted by molar-refractivity contribution is -0.161. The molecule has 3 unspecified atom stereocenters. The highest BCUT2D eigenvalue weighted by molar-refractivity contribution is 7.47. The first kappa shape index (κ1) is 95.1. The van der Waals surface area contributed by atoms with Gasteiger partial charge in [0.1, 0.15) is 19.3 Å². The van der Waals surface area contributed by atoms with Gasteiger partial charge in [-0.15, -0.1) is 0 Å². The summed E-state index contributed by atoms with van der Waals surface area (Å²) in [6.45, 7) is 14.1. The van der Waals surface area contributed by atoms with Gasteiger partial charge in [-0.1, -0.05) is 344 Å². The van der Waals surface area contributed by atoms with Crippen LogP contribution in [0.5, 0.6) is 0 Å². The summed E-state index contributed by atoms with van der Waals surface area (Å²) < 4.78 is 68.5. The van der Waals surface area contributed by atoms with Crippen LogP contribution in [-0.2, 0) is 65.4 Å². The lowest BCUT2D eigenvalue weighted by Gasteiger charge is -2.21. The minimum Gasteiger partial charge on any atom is -0.462 e. The maximum atomic E-state index is 13.1. The third-order valence-electron chi connectivity index (χ3n) is 18.1. The zero-order chi connectivity index (χ0) is 71.7. The van der Waals surface area contributed by atoms with Crippen molar-refractivity contribution in [3.8, 4) is 0 Å². The average Bonchev–Trinajstić information content (AvgIpc) is 1.53. The van der Waals surface area contributed by atoms with Crippen molar-refractivity contribution in [3.63, 3.8) is 0 Å². The van der Waals surface area contributed by atoms with E-state index in [1.54, 1.807) is 0 Å². The molecule has 3 N–H and O–H groups in total. The van der Waals surface area contributed by atoms with E-state index in [0.29, 0.717) is 37.5 Å². The van der Waals surface area contributed by atoms with E-state index in [0.717, 1.165) is 108 Å². The molecule has 0 saturated heterocycles. The molecule has 0 heterocycles. The molecule has 0 rings (SSSR count). The van der Waals surface area contributed by atoms with Crippen LogP contribution in [0.1, 0.15) is 396 Å². The van der Waals surface area contributed by atoms with Crippen LogP contribution in [0.25, 0.3) is 0 Å². The standard InChI is InChI=1S/C78H152O17P2/c1-68(2)54-46-38-30-25-21-17-13-11-9-10-12-14-20-24-28-34-44-52-60-77(82)94-73(64-89-76(81)59-51-43-35-29-32-40-48-56-70(5)6)66-92-96(84,85)90-62-72(79)63-91-97(86,87)93-67-74(95-78(83)61-53-45-37-36-41-49-57-71(7)8)65-88-75(80)58-50-42-33-27-23-19-16-15-18-22-26-31-39-47-55-69(3)4/h68-74,79H,9-67H2,1-8H3,(H,84,85)(H,86,87)/t72?,73-,74-/m1/s1. The molecule has 0 saturated carbocycles. The minimum absolute atomic E-state index is 0.102. The molecule has 0 aliphatic heterocycles. The second-order valence-corrected chi connectivity index (χ2v) is 32.9. The molecule has 0 aromatic heterocycles. The Morgan fingerprint density at radius 1 is 0.258 bits per heavy atom. The van der Waals surface area contributed by atoms with Crippen molar-refractivity contribution in [1.82, 2.24) is 0 Å². The molecule has 0 aliphatic carbocycles. The fourth-order valence-electron chi connectivity index (χ4n) is 11.9. The van der Waals surface area contributed by atoms with Crippen molar-refractivity contribution in [1.29, 1.82) is 0 Å². The van der Waals surface area contributed by atoms with E-state index >= 15 is 0 Å². The summed E-state index contributed by atoms with van der Waals surface area (Å²) in [6.07, 6.45) is 53.2. The quantitative estimate of drug-likeness (QED) is 0.0222. The molecule has 0 bridgehead atoms. The van der Waals surface area contributed by atoms with E-state index < -0.39 is 97.5 Å². The number of phosphoric acid groups is 2. The summed E-state index contributed by atoms with van der Waals surface area (Å²) in [5.41, 5.74) is 0. The summed E-state index contributed by atoms with van der Waals surface area (Å²) in [5.74, 6) is 0.869. The molecular formula is C78H152O17P2. The number of aliphatic hydroxyl groups excluding tert-OH is 1. The van der Waals surface area contributed by atoms with Crippen molar-refractivity contribution < 1.29 is 80.2 Å². The van der Waals surface area contributed by atoms with Crippen molar-refractivity contribution in [2.24, 2.45) is 23.7 Å². The summed E-state index contributed by atoms with van der Waals surface area (Å²) in [6, 6.07) is 0. The van der Waals surface area contributed by atoms with Crippen LogP contribution in [-0.4, -0.2) is 96.7 Å². The summed E-state index contributed by atoms with van der Waals surface area (Å²) >= 11 is 0. The van der Waals surface area contributed by atoms with Gasteiger partial charge in [0.05, 0.1) is 26.4 Å². The third-order valence-corrected chi connectivity index (χ3v) is 20.0. The normalized spacial score (nSPS) is 14.1. The van der Waals surface area contributed by atoms with Crippen LogP contribution < -0.4 is 0 Å². The van der Waals surface area contributed by atoms with Crippen LogP contribution >= 0.6 is 15.6 Å². The maximum Gasteiger partial charge on any atom is 0.472 e. The first-order chi connectivity index (χ1) is 46.6. The smallest absolute Gasteiger partial charge is 0.462 e. The molecular weight excluding hydrogens is 1270 g/mol. The Morgan fingerprint density at radius 3 is 0.639 bits per heavy atom. The summed E-state index contributed by atoms with van der Waals surface area (Å²) in [5, 5.41) is 10.6. The number of hydrogen-bond donors (Lipinski definition) is 3. The van der Waals surface area contributed by atoms with Gasteiger partial charge in [-0.05, 0) is 49.4 Å². The number of ether oxygens (including phenoxy) is 4. The van der Waals surface area contributed by atoms with E-state index in [4.69, 9.17) is 37.0 Å². The monoisotopic (exact) mass is 1420 g/mol. The van der Waals surface area contributed by atoms with E-state index in [1.807, 2.05) is 0 Å². The highest BCUT2D eigenvalue weighted by Gasteiger charge is 2.30. The average molecular weight is 1420 g/mol. The molecule has 0 radical (unpaired) electrons. The molecule has 97 heavy (non-hydrogen) atoms. The van der Waals surface area contributed by atoms with Crippen molar-refractivity contribution >= 4 is 39.5 Å². The fourth-order valence-corrected chi connectivity index (χ4v) is 13.5. The van der Waals surface area contributed by atoms with Gasteiger partial charge in [-0.3, -0.25) is 37.3 Å². The largest absolute Gasteiger partial charge is 0.472 e. The van der Waals surface area contributed by atoms with Gasteiger partial charge in [0, 0.05) is 25.7 Å². The Hall–Kier alpha value is -1.94. The number of carbonyl (C=O) groups excluding carboxylic acids is 4. The number of phosphoric ester groups is 2. The van der Waals surface area contributed by atoms with Gasteiger partial charge in [0.25, 0.3) is 0 Å². The van der Waals surface area contributed by atoms with Gasteiger partial charge in [0.15, 0.2) is 12.2 Å². The number of aliphatic hydroxyl groups is 1. The molecule has 0 spiro atoms. The summed E-state index contributed by atoms with van der Waals surface area (Å²) in [4.78, 5) is 72.8. The molecule has 576 valence electrons. The Morgan fingerprint density at radius 2 is 0.433 bits per heavy atom. The first-order valence-electron chi connectivity index (χ1n) is 40.2. The zero-order valence-corrected chi connectivity index (χ0v) is 65.5. The Kier molecular flexibility index (Phi) is 65.9. The van der Waals surface area contributed by atoms with Crippen LogP contribution in [0, 0.1) is 23.7 Å². The molecule has 0 amide bonds. The van der Waals surface area contributed by atoms with Crippen LogP contribution in [0.15, 0.2) is 0 Å². The summed E-state index contributed by atoms with van der Waals surface area (Å²) in [7, 11) is -9.91. The van der Waals surface area contributed by atoms with Gasteiger partial charge in [-0.25, -0.2) is 9.13 Å². The Bertz CT molecular complexity index is 1900. The van der Waals surface area contributed by atoms with Gasteiger partial charge in [-0.2, -0.15) is 0 Å². The lowest BCUT2D eigenvalue weighted by atomic mass is 10.0. The van der Waals surface area contributed by atoms with E-state index in [1.165, 1.54) is 193 Å². The Labute approximate surface area is 594 Å². The Balaban J connectivity index is 5.13. The number of esters is 4. The van der Waals surface area contributed by atoms with Crippen molar-refractivity contribution in [2.45, 2.75) is 414 Å². The second kappa shape index (κ2) is 67.2. The predicted octanol–water partition coefficient (Wildman–Crippen LogP) is 22.8. The molecule has 0 aliphatic rings. The maximum absolute atomic E-state index is 13.1. The predicted molar refractivity (Wildman–Crippen MR) is 395 cm³/mol. The molecule has 0 fully saturated rings. The fraction of sp³-hybridized carbons (Fsp3) is 0.949. The molecule has 17 nitrogen and oxygen atoms in total. The number of hydrogen-bond acceptors (Lipinski definition) is 15. The molecule has 0 aromatic carbocycles. The third kappa shape index (κ3) is 72.2. The molecule has 5 atom stereocenters. The number of rotatable bonds is 75. The number of carbonyl (C=O) groups is 4. The first-order valence-corrected chi connectivity index (χ1v) is 43.2. The van der Waals surface area contributed by atoms with Gasteiger partial charge >= 0.3 is 39.5 Å². The zero-order valence-electron chi connectivity index (χ0n) is 63.7. The van der Waals surface area contributed by atoms with Gasteiger partial charge in [0.2, 0.25) is 0 Å². The van der Waals surface area contributed by atoms with E-state index in [9.17, 15) is 43.2 Å². The minimum atomic E-state index is -4.96. The van der Waals surface area contributed by atoms with Crippen molar-refractivity contribution in [2.75, 3.05) is 39.6 Å². The van der Waals surface area contributed by atoms with Crippen LogP contribution in [0.2, 0.25) is 0 Å². The van der Waals surface area contributed by atoms with Crippen LogP contribution in [0.4, 0.5) is 0 Å². The highest BCUT2D eigenvalue weighted by atomic mass is 31.2. The van der Waals surface area contributed by atoms with E-state index in [2.05, 4.69) is 55.4 Å². The lowest BCUT2D eigenvalue weighted by Crippen LogP contribution is -2.30. The molecule has 19 heteroatoms. The number of unbranched alkanes of at least 4 members (excludes halogenated alkanes) is 41. The SMILES string of the molecule is CC(C)CCCCCCCCCCCCCCCCCCCCC(=O)O[C@H](COC(=O)CCCCCCCCCC(C)C)COP(=O)(O)OCC(O)COP(=O)(O)OC[C@@H](COC(=O)CCCCCCCCCCCCCCCCC(C)C)OC(=O)CCCCCCCCC(C)C. The van der Waals surface area contributed by atoms with Gasteiger partial charge < -0.3 is 33.8 Å². The molecule has 0 aromatic rings. The van der Waals surface area contributed by atoms with Crippen molar-refractivity contribution in [3.05, 3.63) is 0 Å². The van der Waals surface area contributed by atoms with E-state index in [-0.39, 0.29) is 25.7 Å². The van der Waals surface area contributed by atoms with Crippen LogP contribution in [0.3, 0.4) is 0 Å². The topological polar surface area (TPSA) is 237 Å². The second-order valence-electron chi connectivity index (χ2n) is 30.0. The highest BCUT2D eigenvalue weighted by Crippen LogP contribution is 2.45.